The van der Waals surface area contributed by atoms with Crippen LogP contribution in [0.5, 0.6) is 0 Å². The fourth-order valence-corrected chi connectivity index (χ4v) is 5.74. The number of ether oxygens (including phenoxy) is 3. The molecule has 4 aromatic carbocycles. The van der Waals surface area contributed by atoms with Gasteiger partial charge in [-0.15, -0.1) is 0 Å². The van der Waals surface area contributed by atoms with E-state index in [4.69, 9.17) is 14.2 Å². The first-order valence-electron chi connectivity index (χ1n) is 16.9. The van der Waals surface area contributed by atoms with Crippen LogP contribution in [0.4, 0.5) is 24.5 Å². The molecule has 0 aliphatic heterocycles. The third-order valence-electron chi connectivity index (χ3n) is 8.42. The summed E-state index contributed by atoms with van der Waals surface area (Å²) in [6, 6.07) is 24.4. The number of halogens is 3. The Morgan fingerprint density at radius 2 is 1.29 bits per heavy atom. The van der Waals surface area contributed by atoms with E-state index in [1.54, 1.807) is 86.6 Å². The summed E-state index contributed by atoms with van der Waals surface area (Å²) < 4.78 is 55.6. The summed E-state index contributed by atoms with van der Waals surface area (Å²) in [5, 5.41) is 2.93. The Balaban J connectivity index is 1.59. The van der Waals surface area contributed by atoms with Gasteiger partial charge in [0.05, 0.1) is 36.6 Å². The summed E-state index contributed by atoms with van der Waals surface area (Å²) in [7, 11) is 0. The minimum absolute atomic E-state index is 0.0154. The molecule has 52 heavy (non-hydrogen) atoms. The van der Waals surface area contributed by atoms with E-state index in [9.17, 15) is 32.3 Å². The molecule has 1 amide bonds. The fraction of sp³-hybridized carbons (Fsp3) is 0.300. The first kappa shape index (κ1) is 39.1. The average Bonchev–Trinajstić information content (AvgIpc) is 3.13. The van der Waals surface area contributed by atoms with Gasteiger partial charge >= 0.3 is 24.1 Å². The van der Waals surface area contributed by atoms with E-state index >= 15 is 0 Å². The number of benzene rings is 4. The molecule has 0 bridgehead atoms. The van der Waals surface area contributed by atoms with E-state index in [0.717, 1.165) is 12.1 Å². The molecular formula is C40H41F3N2O7. The van der Waals surface area contributed by atoms with Gasteiger partial charge in [-0.05, 0) is 80.3 Å². The minimum atomic E-state index is -4.49. The molecule has 274 valence electrons. The highest BCUT2D eigenvalue weighted by molar-refractivity contribution is 6.10. The van der Waals surface area contributed by atoms with Crippen molar-refractivity contribution in [1.82, 2.24) is 0 Å². The molecule has 0 spiro atoms. The third-order valence-corrected chi connectivity index (χ3v) is 8.42. The Morgan fingerprint density at radius 1 is 0.692 bits per heavy atom. The van der Waals surface area contributed by atoms with Crippen molar-refractivity contribution < 1.29 is 46.6 Å². The molecule has 0 aliphatic carbocycles. The van der Waals surface area contributed by atoms with Crippen molar-refractivity contribution in [2.45, 2.75) is 45.7 Å². The molecule has 0 heterocycles. The molecule has 4 rings (SSSR count). The minimum Gasteiger partial charge on any atom is -0.465 e. The molecular weight excluding hydrogens is 677 g/mol. The molecule has 4 aromatic rings. The average molecular weight is 719 g/mol. The van der Waals surface area contributed by atoms with Gasteiger partial charge in [-0.2, -0.15) is 13.2 Å². The molecule has 0 aromatic heterocycles. The van der Waals surface area contributed by atoms with Gasteiger partial charge < -0.3 is 24.4 Å². The van der Waals surface area contributed by atoms with Gasteiger partial charge in [0, 0.05) is 18.7 Å². The molecule has 0 atom stereocenters. The van der Waals surface area contributed by atoms with Crippen LogP contribution < -0.4 is 10.2 Å². The smallest absolute Gasteiger partial charge is 0.416 e. The number of anilines is 2. The first-order valence-corrected chi connectivity index (χ1v) is 16.9. The largest absolute Gasteiger partial charge is 0.465 e. The van der Waals surface area contributed by atoms with Gasteiger partial charge in [0.25, 0.3) is 5.91 Å². The zero-order valence-electron chi connectivity index (χ0n) is 29.4. The lowest BCUT2D eigenvalue weighted by molar-refractivity contribution is -0.170. The van der Waals surface area contributed by atoms with Crippen molar-refractivity contribution in [3.05, 3.63) is 119 Å². The van der Waals surface area contributed by atoms with E-state index in [2.05, 4.69) is 5.32 Å². The van der Waals surface area contributed by atoms with Crippen LogP contribution in [0.25, 0.3) is 11.1 Å². The number of nitrogens with one attached hydrogen (secondary N) is 1. The second kappa shape index (κ2) is 17.5. The van der Waals surface area contributed by atoms with E-state index in [1.807, 2.05) is 18.7 Å². The van der Waals surface area contributed by atoms with Crippen molar-refractivity contribution >= 4 is 35.2 Å². The van der Waals surface area contributed by atoms with Crippen molar-refractivity contribution in [3.63, 3.8) is 0 Å². The second-order valence-electron chi connectivity index (χ2n) is 11.6. The lowest BCUT2D eigenvalue weighted by atomic mass is 9.81. The van der Waals surface area contributed by atoms with Crippen LogP contribution in [0, 0.1) is 0 Å². The molecule has 0 radical (unpaired) electrons. The van der Waals surface area contributed by atoms with Gasteiger partial charge in [0.1, 0.15) is 6.61 Å². The standard InChI is InChI=1S/C40H41F3N2O7/c1-5-45(6-2)34-24-27(25-35(46)52-26-39(37(48)50-7-3,38(49)51-8-4)29-14-10-9-11-15-29)18-23-33(34)44-36(47)32-17-13-12-16-31(32)28-19-21-30(22-20-28)40(41,42)43/h9-24H,5-8,25-26H2,1-4H3,(H,44,47). The molecule has 12 heteroatoms. The number of esters is 3. The summed E-state index contributed by atoms with van der Waals surface area (Å²) in [5.41, 5.74) is 0.169. The second-order valence-corrected chi connectivity index (χ2v) is 11.6. The summed E-state index contributed by atoms with van der Waals surface area (Å²) in [6.45, 7) is 7.51. The Labute approximate surface area is 300 Å². The fourth-order valence-electron chi connectivity index (χ4n) is 5.74. The van der Waals surface area contributed by atoms with Gasteiger partial charge in [-0.1, -0.05) is 66.7 Å². The molecule has 0 aliphatic rings. The number of alkyl halides is 3. The van der Waals surface area contributed by atoms with Crippen LogP contribution in [0.15, 0.2) is 97.1 Å². The molecule has 1 N–H and O–H groups in total. The van der Waals surface area contributed by atoms with E-state index < -0.39 is 47.6 Å². The maximum atomic E-state index is 13.7. The highest BCUT2D eigenvalue weighted by atomic mass is 19.4. The Hall–Kier alpha value is -5.65. The highest BCUT2D eigenvalue weighted by Crippen LogP contribution is 2.34. The van der Waals surface area contributed by atoms with Crippen molar-refractivity contribution in [3.8, 4) is 11.1 Å². The van der Waals surface area contributed by atoms with E-state index in [0.29, 0.717) is 41.2 Å². The zero-order valence-corrected chi connectivity index (χ0v) is 29.4. The SMILES string of the molecule is CCOC(=O)C(COC(=O)Cc1ccc(NC(=O)c2ccccc2-c2ccc(C(F)(F)F)cc2)c(N(CC)CC)c1)(C(=O)OCC)c1ccccc1. The third kappa shape index (κ3) is 8.98. The maximum absolute atomic E-state index is 13.7. The number of carbonyl (C=O) groups is 4. The predicted octanol–water partition coefficient (Wildman–Crippen LogP) is 7.62. The number of hydrogen-bond donors (Lipinski definition) is 1. The van der Waals surface area contributed by atoms with Crippen LogP contribution in [0.2, 0.25) is 0 Å². The van der Waals surface area contributed by atoms with Crippen LogP contribution in [0.3, 0.4) is 0 Å². The molecule has 9 nitrogen and oxygen atoms in total. The Morgan fingerprint density at radius 3 is 1.87 bits per heavy atom. The van der Waals surface area contributed by atoms with Gasteiger partial charge in [0.2, 0.25) is 5.41 Å². The van der Waals surface area contributed by atoms with Crippen LogP contribution in [-0.4, -0.2) is 56.7 Å². The first-order chi connectivity index (χ1) is 24.9. The normalized spacial score (nSPS) is 11.4. The monoisotopic (exact) mass is 718 g/mol. The number of nitrogens with zero attached hydrogens (tertiary/aromatic N) is 1. The van der Waals surface area contributed by atoms with Crippen LogP contribution >= 0.6 is 0 Å². The molecule has 0 saturated carbocycles. The number of rotatable bonds is 15. The Kier molecular flexibility index (Phi) is 13.2. The summed E-state index contributed by atoms with van der Waals surface area (Å²) >= 11 is 0. The predicted molar refractivity (Wildman–Crippen MR) is 191 cm³/mol. The number of amides is 1. The van der Waals surface area contributed by atoms with Crippen molar-refractivity contribution in [2.24, 2.45) is 0 Å². The summed E-state index contributed by atoms with van der Waals surface area (Å²) in [5.74, 6) is -3.01. The van der Waals surface area contributed by atoms with Crippen molar-refractivity contribution in [2.75, 3.05) is 43.1 Å². The zero-order chi connectivity index (χ0) is 37.9. The number of carbonyl (C=O) groups excluding carboxylic acids is 4. The molecule has 0 saturated heterocycles. The number of hydrogen-bond acceptors (Lipinski definition) is 8. The van der Waals surface area contributed by atoms with Gasteiger partial charge in [-0.3, -0.25) is 19.2 Å². The quantitative estimate of drug-likeness (QED) is 0.0760. The lowest BCUT2D eigenvalue weighted by Gasteiger charge is -2.29. The van der Waals surface area contributed by atoms with Gasteiger partial charge in [-0.25, -0.2) is 0 Å². The maximum Gasteiger partial charge on any atom is 0.416 e. The van der Waals surface area contributed by atoms with E-state index in [-0.39, 0.29) is 30.8 Å². The van der Waals surface area contributed by atoms with Crippen LogP contribution in [0.1, 0.15) is 54.7 Å². The molecule has 0 fully saturated rings. The highest BCUT2D eigenvalue weighted by Gasteiger charge is 2.52. The summed E-state index contributed by atoms with van der Waals surface area (Å²) in [4.78, 5) is 55.6. The van der Waals surface area contributed by atoms with E-state index in [1.165, 1.54) is 12.1 Å². The van der Waals surface area contributed by atoms with Crippen molar-refractivity contribution in [1.29, 1.82) is 0 Å². The van der Waals surface area contributed by atoms with Crippen LogP contribution in [-0.2, 0) is 46.6 Å². The lowest BCUT2D eigenvalue weighted by Crippen LogP contribution is -2.50. The topological polar surface area (TPSA) is 111 Å². The summed E-state index contributed by atoms with van der Waals surface area (Å²) in [6.07, 6.45) is -4.72. The molecule has 0 unspecified atom stereocenters. The Bertz CT molecular complexity index is 1840. The van der Waals surface area contributed by atoms with Gasteiger partial charge in [0.15, 0.2) is 0 Å².